The van der Waals surface area contributed by atoms with Crippen molar-refractivity contribution in [3.05, 3.63) is 28.6 Å². The van der Waals surface area contributed by atoms with Crippen LogP contribution in [0.1, 0.15) is 10.4 Å². The highest BCUT2D eigenvalue weighted by Gasteiger charge is 2.17. The van der Waals surface area contributed by atoms with E-state index in [2.05, 4.69) is 6.07 Å². The van der Waals surface area contributed by atoms with Crippen LogP contribution in [0.5, 0.6) is 0 Å². The van der Waals surface area contributed by atoms with Crippen LogP contribution in [0.25, 0.3) is 10.1 Å². The summed E-state index contributed by atoms with van der Waals surface area (Å²) in [4.78, 5) is 1.36. The Morgan fingerprint density at radius 3 is 3.15 bits per heavy atom. The molecule has 0 saturated heterocycles. The molecule has 0 amide bonds. The molecule has 0 bridgehead atoms. The van der Waals surface area contributed by atoms with Crippen molar-refractivity contribution < 1.29 is 4.74 Å². The SMILES string of the molecule is Nc1ccc2sc3c(c2c1)COC3. The van der Waals surface area contributed by atoms with Gasteiger partial charge in [-0.3, -0.25) is 0 Å². The smallest absolute Gasteiger partial charge is 0.0818 e. The maximum absolute atomic E-state index is 5.74. The van der Waals surface area contributed by atoms with Crippen molar-refractivity contribution in [2.75, 3.05) is 5.73 Å². The largest absolute Gasteiger partial charge is 0.399 e. The van der Waals surface area contributed by atoms with Gasteiger partial charge in [-0.15, -0.1) is 11.3 Å². The molecule has 2 N–H and O–H groups in total. The molecule has 3 heteroatoms. The van der Waals surface area contributed by atoms with E-state index in [1.165, 1.54) is 20.5 Å². The predicted molar refractivity (Wildman–Crippen MR) is 54.7 cm³/mol. The number of fused-ring (bicyclic) bond motifs is 3. The van der Waals surface area contributed by atoms with Crippen molar-refractivity contribution in [1.29, 1.82) is 0 Å². The first-order valence-electron chi connectivity index (χ1n) is 4.22. The molecule has 3 rings (SSSR count). The van der Waals surface area contributed by atoms with Gasteiger partial charge in [0, 0.05) is 26.2 Å². The third-order valence-corrected chi connectivity index (χ3v) is 3.56. The predicted octanol–water partition coefficient (Wildman–Crippen LogP) is 2.51. The Hall–Kier alpha value is -1.06. The van der Waals surface area contributed by atoms with Crippen LogP contribution in [0.2, 0.25) is 0 Å². The third-order valence-electron chi connectivity index (χ3n) is 2.38. The summed E-state index contributed by atoms with van der Waals surface area (Å²) in [6, 6.07) is 6.09. The standard InChI is InChI=1S/C10H9NOS/c11-6-1-2-9-7(3-6)8-4-12-5-10(8)13-9/h1-3H,4-5,11H2. The van der Waals surface area contributed by atoms with Gasteiger partial charge in [-0.1, -0.05) is 0 Å². The zero-order chi connectivity index (χ0) is 8.84. The number of benzene rings is 1. The molecule has 0 fully saturated rings. The van der Waals surface area contributed by atoms with E-state index < -0.39 is 0 Å². The summed E-state index contributed by atoms with van der Waals surface area (Å²) in [5.41, 5.74) is 7.91. The topological polar surface area (TPSA) is 35.2 Å². The Balaban J connectivity index is 2.40. The number of hydrogen-bond donors (Lipinski definition) is 1. The summed E-state index contributed by atoms with van der Waals surface area (Å²) < 4.78 is 6.69. The molecule has 13 heavy (non-hydrogen) atoms. The Morgan fingerprint density at radius 2 is 2.23 bits per heavy atom. The fourth-order valence-corrected chi connectivity index (χ4v) is 2.87. The number of anilines is 1. The van der Waals surface area contributed by atoms with E-state index in [1.807, 2.05) is 23.5 Å². The second kappa shape index (κ2) is 2.47. The second-order valence-electron chi connectivity index (χ2n) is 3.25. The molecule has 0 aliphatic carbocycles. The molecule has 1 aromatic carbocycles. The molecule has 0 spiro atoms. The lowest BCUT2D eigenvalue weighted by molar-refractivity contribution is 0.136. The molecule has 1 aliphatic heterocycles. The molecular formula is C10H9NOS. The normalized spacial score (nSPS) is 15.1. The number of rotatable bonds is 0. The van der Waals surface area contributed by atoms with Gasteiger partial charge in [-0.2, -0.15) is 0 Å². The molecular weight excluding hydrogens is 182 g/mol. The van der Waals surface area contributed by atoms with E-state index in [0.29, 0.717) is 0 Å². The van der Waals surface area contributed by atoms with Crippen molar-refractivity contribution in [3.8, 4) is 0 Å². The zero-order valence-corrected chi connectivity index (χ0v) is 7.86. The maximum Gasteiger partial charge on any atom is 0.0818 e. The van der Waals surface area contributed by atoms with Gasteiger partial charge in [0.05, 0.1) is 13.2 Å². The van der Waals surface area contributed by atoms with Crippen molar-refractivity contribution in [2.45, 2.75) is 13.2 Å². The molecule has 0 unspecified atom stereocenters. The minimum Gasteiger partial charge on any atom is -0.399 e. The van der Waals surface area contributed by atoms with Crippen molar-refractivity contribution in [2.24, 2.45) is 0 Å². The van der Waals surface area contributed by atoms with Crippen LogP contribution in [0.4, 0.5) is 5.69 Å². The van der Waals surface area contributed by atoms with Crippen LogP contribution in [-0.4, -0.2) is 0 Å². The fourth-order valence-electron chi connectivity index (χ4n) is 1.74. The van der Waals surface area contributed by atoms with Crippen molar-refractivity contribution in [1.82, 2.24) is 0 Å². The Kier molecular flexibility index (Phi) is 1.39. The zero-order valence-electron chi connectivity index (χ0n) is 7.04. The van der Waals surface area contributed by atoms with E-state index in [-0.39, 0.29) is 0 Å². The maximum atomic E-state index is 5.74. The van der Waals surface area contributed by atoms with Crippen LogP contribution in [0.15, 0.2) is 18.2 Å². The van der Waals surface area contributed by atoms with Gasteiger partial charge in [-0.05, 0) is 18.2 Å². The van der Waals surface area contributed by atoms with Crippen LogP contribution >= 0.6 is 11.3 Å². The van der Waals surface area contributed by atoms with Crippen LogP contribution in [-0.2, 0) is 18.0 Å². The number of hydrogen-bond acceptors (Lipinski definition) is 3. The van der Waals surface area contributed by atoms with Gasteiger partial charge in [0.15, 0.2) is 0 Å². The van der Waals surface area contributed by atoms with Gasteiger partial charge in [0.1, 0.15) is 0 Å². The number of nitrogen functional groups attached to an aromatic ring is 1. The molecule has 1 aromatic heterocycles. The van der Waals surface area contributed by atoms with E-state index in [9.17, 15) is 0 Å². The average Bonchev–Trinajstić information content (AvgIpc) is 2.64. The molecule has 0 atom stereocenters. The van der Waals surface area contributed by atoms with Crippen LogP contribution in [0.3, 0.4) is 0 Å². The highest BCUT2D eigenvalue weighted by atomic mass is 32.1. The van der Waals surface area contributed by atoms with Gasteiger partial charge < -0.3 is 10.5 Å². The van der Waals surface area contributed by atoms with E-state index >= 15 is 0 Å². The second-order valence-corrected chi connectivity index (χ2v) is 4.39. The Bertz CT molecular complexity index is 475. The first-order chi connectivity index (χ1) is 6.34. The minimum atomic E-state index is 0.749. The lowest BCUT2D eigenvalue weighted by atomic mass is 10.1. The molecule has 1 aliphatic rings. The summed E-state index contributed by atoms with van der Waals surface area (Å²) >= 11 is 1.81. The molecule has 0 saturated carbocycles. The van der Waals surface area contributed by atoms with Gasteiger partial charge in [0.25, 0.3) is 0 Å². The number of nitrogens with two attached hydrogens (primary N) is 1. The summed E-state index contributed by atoms with van der Waals surface area (Å²) in [6.45, 7) is 1.52. The summed E-state index contributed by atoms with van der Waals surface area (Å²) in [5.74, 6) is 0. The van der Waals surface area contributed by atoms with E-state index in [1.54, 1.807) is 0 Å². The highest BCUT2D eigenvalue weighted by Crippen LogP contribution is 2.36. The molecule has 2 heterocycles. The number of ether oxygens (including phenoxy) is 1. The van der Waals surface area contributed by atoms with Crippen LogP contribution in [0, 0.1) is 0 Å². The van der Waals surface area contributed by atoms with E-state index in [4.69, 9.17) is 10.5 Å². The first-order valence-corrected chi connectivity index (χ1v) is 5.04. The average molecular weight is 191 g/mol. The van der Waals surface area contributed by atoms with Gasteiger partial charge >= 0.3 is 0 Å². The quantitative estimate of drug-likeness (QED) is 0.649. The monoisotopic (exact) mass is 191 g/mol. The molecule has 2 nitrogen and oxygen atoms in total. The Morgan fingerprint density at radius 1 is 1.31 bits per heavy atom. The summed E-state index contributed by atoms with van der Waals surface area (Å²) in [6.07, 6.45) is 0. The van der Waals surface area contributed by atoms with E-state index in [0.717, 1.165) is 18.9 Å². The van der Waals surface area contributed by atoms with Gasteiger partial charge in [-0.25, -0.2) is 0 Å². The Labute approximate surface area is 79.9 Å². The number of thiophene rings is 1. The minimum absolute atomic E-state index is 0.749. The summed E-state index contributed by atoms with van der Waals surface area (Å²) in [5, 5.41) is 1.28. The summed E-state index contributed by atoms with van der Waals surface area (Å²) in [7, 11) is 0. The lowest BCUT2D eigenvalue weighted by Crippen LogP contribution is -1.83. The first kappa shape index (κ1) is 7.35. The fraction of sp³-hybridized carbons (Fsp3) is 0.200. The molecule has 2 aromatic rings. The molecule has 0 radical (unpaired) electrons. The molecule has 66 valence electrons. The highest BCUT2D eigenvalue weighted by molar-refractivity contribution is 7.19. The van der Waals surface area contributed by atoms with Crippen molar-refractivity contribution in [3.63, 3.8) is 0 Å². The lowest BCUT2D eigenvalue weighted by Gasteiger charge is -1.95. The third kappa shape index (κ3) is 0.975. The van der Waals surface area contributed by atoms with Crippen molar-refractivity contribution >= 4 is 27.1 Å². The van der Waals surface area contributed by atoms with Crippen LogP contribution < -0.4 is 5.73 Å². The van der Waals surface area contributed by atoms with Gasteiger partial charge in [0.2, 0.25) is 0 Å².